The second-order valence-electron chi connectivity index (χ2n) is 4.20. The Labute approximate surface area is 103 Å². The van der Waals surface area contributed by atoms with E-state index in [1.165, 1.54) is 11.1 Å². The number of pyridine rings is 1. The highest BCUT2D eigenvalue weighted by molar-refractivity contribution is 5.61. The minimum Gasteiger partial charge on any atom is -0.370 e. The number of hydrogen-bond acceptors (Lipinski definition) is 2. The zero-order valence-corrected chi connectivity index (χ0v) is 10.4. The van der Waals surface area contributed by atoms with E-state index in [4.69, 9.17) is 0 Å². The number of aryl methyl sites for hydroxylation is 1. The van der Waals surface area contributed by atoms with Crippen LogP contribution in [-0.4, -0.2) is 11.5 Å². The Morgan fingerprint density at radius 3 is 2.71 bits per heavy atom. The van der Waals surface area contributed by atoms with E-state index in [0.717, 1.165) is 24.5 Å². The maximum absolute atomic E-state index is 4.61. The molecule has 0 radical (unpaired) electrons. The summed E-state index contributed by atoms with van der Waals surface area (Å²) in [5.74, 6) is 0.950. The molecule has 17 heavy (non-hydrogen) atoms. The molecule has 0 saturated carbocycles. The fourth-order valence-electron chi connectivity index (χ4n) is 1.75. The second-order valence-corrected chi connectivity index (χ2v) is 4.20. The molecular weight excluding hydrogens is 208 g/mol. The van der Waals surface area contributed by atoms with Crippen LogP contribution in [0, 0.1) is 6.92 Å². The molecule has 0 aliphatic carbocycles. The summed E-state index contributed by atoms with van der Waals surface area (Å²) in [4.78, 5) is 4.61. The van der Waals surface area contributed by atoms with Crippen molar-refractivity contribution < 1.29 is 0 Å². The number of benzene rings is 1. The van der Waals surface area contributed by atoms with Crippen molar-refractivity contribution in [2.45, 2.75) is 20.3 Å². The van der Waals surface area contributed by atoms with Crippen molar-refractivity contribution >= 4 is 5.82 Å². The zero-order valence-electron chi connectivity index (χ0n) is 10.4. The molecule has 0 aliphatic rings. The van der Waals surface area contributed by atoms with Crippen molar-refractivity contribution in [3.8, 4) is 11.3 Å². The predicted octanol–water partition coefficient (Wildman–Crippen LogP) is 3.88. The summed E-state index contributed by atoms with van der Waals surface area (Å²) < 4.78 is 0. The average Bonchev–Trinajstić information content (AvgIpc) is 2.37. The quantitative estimate of drug-likeness (QED) is 0.855. The molecule has 0 spiro atoms. The van der Waals surface area contributed by atoms with Crippen molar-refractivity contribution in [3.05, 3.63) is 48.0 Å². The lowest BCUT2D eigenvalue weighted by Crippen LogP contribution is -2.01. The third-order valence-electron chi connectivity index (χ3n) is 2.62. The van der Waals surface area contributed by atoms with Gasteiger partial charge in [-0.1, -0.05) is 36.8 Å². The van der Waals surface area contributed by atoms with E-state index in [1.807, 2.05) is 18.2 Å². The molecule has 0 bridgehead atoms. The molecule has 2 aromatic rings. The third-order valence-corrected chi connectivity index (χ3v) is 2.62. The zero-order chi connectivity index (χ0) is 12.1. The van der Waals surface area contributed by atoms with Crippen LogP contribution in [-0.2, 0) is 0 Å². The highest BCUT2D eigenvalue weighted by Gasteiger charge is 2.00. The smallest absolute Gasteiger partial charge is 0.126 e. The van der Waals surface area contributed by atoms with Crippen LogP contribution in [0.4, 0.5) is 5.82 Å². The van der Waals surface area contributed by atoms with Gasteiger partial charge in [-0.25, -0.2) is 4.98 Å². The van der Waals surface area contributed by atoms with Crippen molar-refractivity contribution in [3.63, 3.8) is 0 Å². The molecule has 2 heteroatoms. The predicted molar refractivity (Wildman–Crippen MR) is 73.2 cm³/mol. The van der Waals surface area contributed by atoms with E-state index >= 15 is 0 Å². The van der Waals surface area contributed by atoms with Gasteiger partial charge in [0, 0.05) is 12.1 Å². The first-order chi connectivity index (χ1) is 8.29. The first-order valence-corrected chi connectivity index (χ1v) is 6.07. The number of nitrogens with zero attached hydrogens (tertiary/aromatic N) is 1. The topological polar surface area (TPSA) is 24.9 Å². The fourth-order valence-corrected chi connectivity index (χ4v) is 1.75. The SMILES string of the molecule is CCCNc1cccc(-c2cccc(C)c2)n1. The van der Waals surface area contributed by atoms with Crippen LogP contribution in [0.5, 0.6) is 0 Å². The largest absolute Gasteiger partial charge is 0.370 e. The Morgan fingerprint density at radius 2 is 1.94 bits per heavy atom. The van der Waals surface area contributed by atoms with Gasteiger partial charge >= 0.3 is 0 Å². The normalized spacial score (nSPS) is 10.2. The minimum atomic E-state index is 0.950. The van der Waals surface area contributed by atoms with Gasteiger partial charge in [-0.2, -0.15) is 0 Å². The number of aromatic nitrogens is 1. The lowest BCUT2D eigenvalue weighted by atomic mass is 10.1. The standard InChI is InChI=1S/C15H18N2/c1-3-10-16-15-9-5-8-14(17-15)13-7-4-6-12(2)11-13/h4-9,11H,3,10H2,1-2H3,(H,16,17). The van der Waals surface area contributed by atoms with Crippen molar-refractivity contribution in [2.24, 2.45) is 0 Å². The maximum atomic E-state index is 4.61. The Morgan fingerprint density at radius 1 is 1.12 bits per heavy atom. The highest BCUT2D eigenvalue weighted by atomic mass is 15.0. The van der Waals surface area contributed by atoms with Gasteiger partial charge in [-0.05, 0) is 31.5 Å². The minimum absolute atomic E-state index is 0.950. The van der Waals surface area contributed by atoms with Crippen molar-refractivity contribution in [2.75, 3.05) is 11.9 Å². The number of hydrogen-bond donors (Lipinski definition) is 1. The molecule has 0 aliphatic heterocycles. The molecule has 2 rings (SSSR count). The average molecular weight is 226 g/mol. The van der Waals surface area contributed by atoms with Gasteiger partial charge in [0.1, 0.15) is 5.82 Å². The Kier molecular flexibility index (Phi) is 3.76. The molecule has 0 atom stereocenters. The van der Waals surface area contributed by atoms with E-state index in [0.29, 0.717) is 0 Å². The van der Waals surface area contributed by atoms with Crippen LogP contribution < -0.4 is 5.32 Å². The number of rotatable bonds is 4. The van der Waals surface area contributed by atoms with Gasteiger partial charge < -0.3 is 5.32 Å². The van der Waals surface area contributed by atoms with Crippen LogP contribution in [0.1, 0.15) is 18.9 Å². The molecule has 1 heterocycles. The summed E-state index contributed by atoms with van der Waals surface area (Å²) >= 11 is 0. The summed E-state index contributed by atoms with van der Waals surface area (Å²) in [6.45, 7) is 5.21. The van der Waals surface area contributed by atoms with Crippen LogP contribution in [0.3, 0.4) is 0 Å². The summed E-state index contributed by atoms with van der Waals surface area (Å²) in [6.07, 6.45) is 1.11. The number of anilines is 1. The Hall–Kier alpha value is -1.83. The van der Waals surface area contributed by atoms with E-state index < -0.39 is 0 Å². The van der Waals surface area contributed by atoms with E-state index in [-0.39, 0.29) is 0 Å². The van der Waals surface area contributed by atoms with Gasteiger partial charge in [-0.3, -0.25) is 0 Å². The molecule has 0 amide bonds. The maximum Gasteiger partial charge on any atom is 0.126 e. The van der Waals surface area contributed by atoms with Crippen molar-refractivity contribution in [1.82, 2.24) is 4.98 Å². The van der Waals surface area contributed by atoms with E-state index in [9.17, 15) is 0 Å². The van der Waals surface area contributed by atoms with E-state index in [2.05, 4.69) is 48.4 Å². The van der Waals surface area contributed by atoms with Gasteiger partial charge in [0.2, 0.25) is 0 Å². The summed E-state index contributed by atoms with van der Waals surface area (Å²) in [6, 6.07) is 14.5. The molecular formula is C15H18N2. The molecule has 1 aromatic carbocycles. The van der Waals surface area contributed by atoms with E-state index in [1.54, 1.807) is 0 Å². The van der Waals surface area contributed by atoms with Crippen LogP contribution in [0.2, 0.25) is 0 Å². The molecule has 0 fully saturated rings. The summed E-state index contributed by atoms with van der Waals surface area (Å²) in [5.41, 5.74) is 3.45. The molecule has 0 saturated heterocycles. The molecule has 2 nitrogen and oxygen atoms in total. The van der Waals surface area contributed by atoms with Crippen LogP contribution in [0.25, 0.3) is 11.3 Å². The lowest BCUT2D eigenvalue weighted by Gasteiger charge is -2.07. The summed E-state index contributed by atoms with van der Waals surface area (Å²) in [7, 11) is 0. The molecule has 0 unspecified atom stereocenters. The molecule has 1 aromatic heterocycles. The van der Waals surface area contributed by atoms with Gasteiger partial charge in [-0.15, -0.1) is 0 Å². The Bertz CT molecular complexity index is 492. The first-order valence-electron chi connectivity index (χ1n) is 6.07. The summed E-state index contributed by atoms with van der Waals surface area (Å²) in [5, 5.41) is 3.31. The lowest BCUT2D eigenvalue weighted by molar-refractivity contribution is 0.970. The number of nitrogens with one attached hydrogen (secondary N) is 1. The van der Waals surface area contributed by atoms with Gasteiger partial charge in [0.05, 0.1) is 5.69 Å². The second kappa shape index (κ2) is 5.48. The third kappa shape index (κ3) is 3.06. The van der Waals surface area contributed by atoms with Gasteiger partial charge in [0.25, 0.3) is 0 Å². The van der Waals surface area contributed by atoms with Gasteiger partial charge in [0.15, 0.2) is 0 Å². The molecule has 1 N–H and O–H groups in total. The van der Waals surface area contributed by atoms with Crippen LogP contribution >= 0.6 is 0 Å². The Balaban J connectivity index is 2.26. The monoisotopic (exact) mass is 226 g/mol. The fraction of sp³-hybridized carbons (Fsp3) is 0.267. The first kappa shape index (κ1) is 11.6. The molecule has 88 valence electrons. The van der Waals surface area contributed by atoms with Crippen molar-refractivity contribution in [1.29, 1.82) is 0 Å². The van der Waals surface area contributed by atoms with Crippen LogP contribution in [0.15, 0.2) is 42.5 Å². The highest BCUT2D eigenvalue weighted by Crippen LogP contribution is 2.19.